The standard InChI is InChI=1S/C32H36N2O4S/c1-16-10-12-22(14-18(16)3)24-20(5)25(23-13-11-17(2)19(4)15-23)27-29(39-31(34-27)33-21(6)35)26(24)28(30(36)37)38-32(7,8)9/h10-15,28H,1-9H3,(H,36,37)(H,33,34,35). The van der Waals surface area contributed by atoms with Crippen LogP contribution in [0.4, 0.5) is 5.13 Å². The Labute approximate surface area is 234 Å². The molecule has 7 heteroatoms. The fourth-order valence-electron chi connectivity index (χ4n) is 4.85. The number of benzene rings is 3. The van der Waals surface area contributed by atoms with Gasteiger partial charge in [-0.05, 0) is 99.9 Å². The number of carboxylic acid groups (broad SMARTS) is 1. The van der Waals surface area contributed by atoms with Crippen molar-refractivity contribution in [3.63, 3.8) is 0 Å². The second kappa shape index (κ2) is 10.5. The fourth-order valence-corrected chi connectivity index (χ4v) is 5.94. The van der Waals surface area contributed by atoms with Gasteiger partial charge in [0.25, 0.3) is 0 Å². The van der Waals surface area contributed by atoms with Gasteiger partial charge in [-0.25, -0.2) is 9.78 Å². The van der Waals surface area contributed by atoms with Gasteiger partial charge in [-0.1, -0.05) is 47.7 Å². The van der Waals surface area contributed by atoms with Crippen LogP contribution in [-0.4, -0.2) is 27.6 Å². The van der Waals surface area contributed by atoms with Crippen LogP contribution in [0.3, 0.4) is 0 Å². The van der Waals surface area contributed by atoms with Crippen LogP contribution in [0.2, 0.25) is 0 Å². The van der Waals surface area contributed by atoms with Crippen LogP contribution in [0.5, 0.6) is 0 Å². The van der Waals surface area contributed by atoms with E-state index in [4.69, 9.17) is 9.72 Å². The number of amides is 1. The minimum atomic E-state index is -1.25. The van der Waals surface area contributed by atoms with Gasteiger partial charge in [0, 0.05) is 18.1 Å². The molecule has 0 aliphatic heterocycles. The molecule has 1 amide bonds. The highest BCUT2D eigenvalue weighted by Crippen LogP contribution is 2.48. The number of thiazole rings is 1. The zero-order valence-electron chi connectivity index (χ0n) is 24.1. The molecule has 0 fully saturated rings. The first-order valence-electron chi connectivity index (χ1n) is 13.0. The predicted octanol–water partition coefficient (Wildman–Crippen LogP) is 8.07. The molecule has 3 aromatic carbocycles. The van der Waals surface area contributed by atoms with E-state index in [1.54, 1.807) is 0 Å². The van der Waals surface area contributed by atoms with Gasteiger partial charge in [0.2, 0.25) is 5.91 Å². The number of nitrogens with one attached hydrogen (secondary N) is 1. The first-order valence-corrected chi connectivity index (χ1v) is 13.8. The maximum atomic E-state index is 12.8. The molecule has 1 unspecified atom stereocenters. The third-order valence-electron chi connectivity index (χ3n) is 6.96. The second-order valence-corrected chi connectivity index (χ2v) is 12.2. The van der Waals surface area contributed by atoms with Gasteiger partial charge < -0.3 is 15.2 Å². The highest BCUT2D eigenvalue weighted by atomic mass is 32.1. The Morgan fingerprint density at radius 3 is 1.90 bits per heavy atom. The molecule has 4 rings (SSSR count). The highest BCUT2D eigenvalue weighted by Gasteiger charge is 2.34. The van der Waals surface area contributed by atoms with E-state index >= 15 is 0 Å². The molecule has 0 saturated carbocycles. The molecular weight excluding hydrogens is 508 g/mol. The van der Waals surface area contributed by atoms with E-state index in [9.17, 15) is 14.7 Å². The average Bonchev–Trinajstić information content (AvgIpc) is 3.22. The number of nitrogens with zero attached hydrogens (tertiary/aromatic N) is 1. The van der Waals surface area contributed by atoms with Crippen LogP contribution in [0, 0.1) is 34.6 Å². The van der Waals surface area contributed by atoms with E-state index < -0.39 is 17.7 Å². The maximum Gasteiger partial charge on any atom is 0.337 e. The molecule has 4 aromatic rings. The smallest absolute Gasteiger partial charge is 0.337 e. The van der Waals surface area contributed by atoms with Gasteiger partial charge in [0.15, 0.2) is 11.2 Å². The summed E-state index contributed by atoms with van der Waals surface area (Å²) in [6.45, 7) is 17.3. The van der Waals surface area contributed by atoms with E-state index in [1.165, 1.54) is 23.8 Å². The summed E-state index contributed by atoms with van der Waals surface area (Å²) >= 11 is 1.28. The van der Waals surface area contributed by atoms with Gasteiger partial charge in [-0.3, -0.25) is 4.79 Å². The minimum Gasteiger partial charge on any atom is -0.479 e. The molecule has 0 aliphatic rings. The quantitative estimate of drug-likeness (QED) is 0.256. The average molecular weight is 545 g/mol. The van der Waals surface area contributed by atoms with Crippen molar-refractivity contribution in [1.82, 2.24) is 4.98 Å². The number of carbonyl (C=O) groups is 2. The number of carbonyl (C=O) groups excluding carboxylic acids is 1. The molecule has 204 valence electrons. The number of hydrogen-bond acceptors (Lipinski definition) is 5. The van der Waals surface area contributed by atoms with Crippen molar-refractivity contribution in [3.8, 4) is 22.3 Å². The number of ether oxygens (including phenoxy) is 1. The normalized spacial score (nSPS) is 12.5. The lowest BCUT2D eigenvalue weighted by atomic mass is 9.84. The lowest BCUT2D eigenvalue weighted by Crippen LogP contribution is -2.28. The van der Waals surface area contributed by atoms with Gasteiger partial charge in [-0.2, -0.15) is 0 Å². The van der Waals surface area contributed by atoms with Crippen LogP contribution >= 0.6 is 11.3 Å². The summed E-state index contributed by atoms with van der Waals surface area (Å²) in [6.07, 6.45) is -1.25. The molecule has 0 aliphatic carbocycles. The minimum absolute atomic E-state index is 0.241. The first kappa shape index (κ1) is 28.5. The Morgan fingerprint density at radius 2 is 1.44 bits per heavy atom. The number of aromatic nitrogens is 1. The summed E-state index contributed by atoms with van der Waals surface area (Å²) < 4.78 is 6.91. The van der Waals surface area contributed by atoms with Crippen molar-refractivity contribution in [2.45, 2.75) is 74.0 Å². The maximum absolute atomic E-state index is 12.8. The van der Waals surface area contributed by atoms with E-state index in [0.717, 1.165) is 44.5 Å². The molecule has 0 saturated heterocycles. The lowest BCUT2D eigenvalue weighted by Gasteiger charge is -2.28. The lowest BCUT2D eigenvalue weighted by molar-refractivity contribution is -0.160. The molecular formula is C32H36N2O4S. The summed E-state index contributed by atoms with van der Waals surface area (Å²) in [5.74, 6) is -1.32. The molecule has 1 atom stereocenters. The first-order chi connectivity index (χ1) is 18.2. The molecule has 0 spiro atoms. The van der Waals surface area contributed by atoms with Crippen LogP contribution < -0.4 is 5.32 Å². The topological polar surface area (TPSA) is 88.5 Å². The number of hydrogen-bond donors (Lipinski definition) is 2. The summed E-state index contributed by atoms with van der Waals surface area (Å²) in [5.41, 5.74) is 9.61. The Bertz CT molecular complexity index is 1610. The van der Waals surface area contributed by atoms with Crippen LogP contribution in [0.25, 0.3) is 32.5 Å². The summed E-state index contributed by atoms with van der Waals surface area (Å²) in [5, 5.41) is 13.7. The van der Waals surface area contributed by atoms with Gasteiger partial charge in [0.05, 0.1) is 15.8 Å². The number of carboxylic acids is 1. The van der Waals surface area contributed by atoms with E-state index in [1.807, 2.05) is 33.8 Å². The van der Waals surface area contributed by atoms with Crippen LogP contribution in [-0.2, 0) is 14.3 Å². The zero-order valence-corrected chi connectivity index (χ0v) is 24.9. The number of fused-ring (bicyclic) bond motifs is 1. The third-order valence-corrected chi connectivity index (χ3v) is 7.96. The number of anilines is 1. The Morgan fingerprint density at radius 1 is 0.897 bits per heavy atom. The Kier molecular flexibility index (Phi) is 7.70. The van der Waals surface area contributed by atoms with Crippen molar-refractivity contribution < 1.29 is 19.4 Å². The molecule has 0 bridgehead atoms. The number of aryl methyl sites for hydroxylation is 4. The fraction of sp³-hybridized carbons (Fsp3) is 0.344. The number of rotatable bonds is 6. The molecule has 2 N–H and O–H groups in total. The van der Waals surface area contributed by atoms with Crippen LogP contribution in [0.1, 0.15) is 67.2 Å². The van der Waals surface area contributed by atoms with Crippen molar-refractivity contribution in [1.29, 1.82) is 0 Å². The van der Waals surface area contributed by atoms with Crippen molar-refractivity contribution in [3.05, 3.63) is 69.8 Å². The van der Waals surface area contributed by atoms with Crippen molar-refractivity contribution >= 4 is 38.6 Å². The monoisotopic (exact) mass is 544 g/mol. The van der Waals surface area contributed by atoms with Crippen molar-refractivity contribution in [2.24, 2.45) is 0 Å². The molecule has 1 heterocycles. The Hall–Kier alpha value is -3.55. The Balaban J connectivity index is 2.23. The summed E-state index contributed by atoms with van der Waals surface area (Å²) in [4.78, 5) is 29.7. The molecule has 1 aromatic heterocycles. The zero-order chi connectivity index (χ0) is 28.8. The predicted molar refractivity (Wildman–Crippen MR) is 160 cm³/mol. The summed E-state index contributed by atoms with van der Waals surface area (Å²) in [6, 6.07) is 12.5. The van der Waals surface area contributed by atoms with Crippen LogP contribution in [0.15, 0.2) is 36.4 Å². The molecule has 6 nitrogen and oxygen atoms in total. The molecule has 0 radical (unpaired) electrons. The summed E-state index contributed by atoms with van der Waals surface area (Å²) in [7, 11) is 0. The highest BCUT2D eigenvalue weighted by molar-refractivity contribution is 7.22. The van der Waals surface area contributed by atoms with Gasteiger partial charge in [-0.15, -0.1) is 0 Å². The van der Waals surface area contributed by atoms with E-state index in [-0.39, 0.29) is 5.91 Å². The van der Waals surface area contributed by atoms with Gasteiger partial charge >= 0.3 is 5.97 Å². The third kappa shape index (κ3) is 5.75. The SMILES string of the molecule is CC(=O)Nc1nc2c(-c3ccc(C)c(C)c3)c(C)c(-c3ccc(C)c(C)c3)c(C(OC(C)(C)C)C(=O)O)c2s1. The van der Waals surface area contributed by atoms with Crippen molar-refractivity contribution in [2.75, 3.05) is 5.32 Å². The van der Waals surface area contributed by atoms with Gasteiger partial charge in [0.1, 0.15) is 0 Å². The largest absolute Gasteiger partial charge is 0.479 e. The van der Waals surface area contributed by atoms with E-state index in [2.05, 4.69) is 63.3 Å². The number of aliphatic carboxylic acids is 1. The second-order valence-electron chi connectivity index (χ2n) is 11.2. The van der Waals surface area contributed by atoms with E-state index in [0.29, 0.717) is 20.9 Å². The molecule has 39 heavy (non-hydrogen) atoms.